The van der Waals surface area contributed by atoms with Gasteiger partial charge < -0.3 is 10.6 Å². The van der Waals surface area contributed by atoms with E-state index in [4.69, 9.17) is 22.3 Å². The molecular formula is C16H16ClN3S. The highest BCUT2D eigenvalue weighted by Gasteiger charge is 2.13. The van der Waals surface area contributed by atoms with Crippen LogP contribution < -0.4 is 10.6 Å². The zero-order valence-electron chi connectivity index (χ0n) is 11.5. The van der Waals surface area contributed by atoms with Crippen molar-refractivity contribution in [1.29, 1.82) is 0 Å². The van der Waals surface area contributed by atoms with Gasteiger partial charge in [-0.3, -0.25) is 0 Å². The lowest BCUT2D eigenvalue weighted by Gasteiger charge is -2.21. The quantitative estimate of drug-likeness (QED) is 0.775. The van der Waals surface area contributed by atoms with Crippen LogP contribution in [-0.4, -0.2) is 18.1 Å². The molecule has 0 atom stereocenters. The van der Waals surface area contributed by atoms with Gasteiger partial charge in [-0.25, -0.2) is 4.98 Å². The van der Waals surface area contributed by atoms with Crippen molar-refractivity contribution < 1.29 is 0 Å². The summed E-state index contributed by atoms with van der Waals surface area (Å²) in [6, 6.07) is 16.1. The number of nitrogens with two attached hydrogens (primary N) is 1. The van der Waals surface area contributed by atoms with E-state index in [1.54, 1.807) is 11.3 Å². The van der Waals surface area contributed by atoms with Crippen molar-refractivity contribution in [2.75, 3.05) is 18.0 Å². The van der Waals surface area contributed by atoms with Crippen LogP contribution in [-0.2, 0) is 6.54 Å². The molecule has 0 aliphatic rings. The normalized spacial score (nSPS) is 11.0. The molecule has 1 heterocycles. The summed E-state index contributed by atoms with van der Waals surface area (Å²) in [5.41, 5.74) is 7.87. The van der Waals surface area contributed by atoms with Gasteiger partial charge in [-0.2, -0.15) is 0 Å². The van der Waals surface area contributed by atoms with E-state index in [1.165, 1.54) is 4.70 Å². The first-order valence-electron chi connectivity index (χ1n) is 6.82. The Labute approximate surface area is 133 Å². The topological polar surface area (TPSA) is 42.1 Å². The molecule has 21 heavy (non-hydrogen) atoms. The monoisotopic (exact) mass is 317 g/mol. The molecule has 0 saturated heterocycles. The van der Waals surface area contributed by atoms with Crippen molar-refractivity contribution in [2.45, 2.75) is 6.54 Å². The lowest BCUT2D eigenvalue weighted by Crippen LogP contribution is -2.28. The molecule has 108 valence electrons. The number of nitrogens with zero attached hydrogens (tertiary/aromatic N) is 2. The highest BCUT2D eigenvalue weighted by Crippen LogP contribution is 2.30. The van der Waals surface area contributed by atoms with Gasteiger partial charge in [-0.1, -0.05) is 53.3 Å². The van der Waals surface area contributed by atoms with Gasteiger partial charge >= 0.3 is 0 Å². The van der Waals surface area contributed by atoms with Crippen molar-refractivity contribution in [3.05, 3.63) is 59.1 Å². The summed E-state index contributed by atoms with van der Waals surface area (Å²) in [5.74, 6) is 0. The molecule has 2 N–H and O–H groups in total. The maximum Gasteiger partial charge on any atom is 0.186 e. The number of hydrogen-bond donors (Lipinski definition) is 1. The Morgan fingerprint density at radius 3 is 2.62 bits per heavy atom. The van der Waals surface area contributed by atoms with E-state index in [0.29, 0.717) is 6.54 Å². The van der Waals surface area contributed by atoms with Crippen LogP contribution in [0.3, 0.4) is 0 Å². The highest BCUT2D eigenvalue weighted by atomic mass is 35.5. The number of hydrogen-bond acceptors (Lipinski definition) is 4. The zero-order chi connectivity index (χ0) is 14.7. The fourth-order valence-corrected chi connectivity index (χ4v) is 3.41. The van der Waals surface area contributed by atoms with E-state index in [1.807, 2.05) is 42.5 Å². The van der Waals surface area contributed by atoms with Crippen LogP contribution in [0.15, 0.2) is 48.5 Å². The van der Waals surface area contributed by atoms with Crippen LogP contribution in [0.1, 0.15) is 5.56 Å². The minimum atomic E-state index is 0.584. The van der Waals surface area contributed by atoms with Crippen molar-refractivity contribution in [2.24, 2.45) is 5.73 Å². The predicted molar refractivity (Wildman–Crippen MR) is 91.2 cm³/mol. The molecule has 2 aromatic carbocycles. The average molecular weight is 318 g/mol. The minimum absolute atomic E-state index is 0.584. The lowest BCUT2D eigenvalue weighted by molar-refractivity contribution is 0.787. The van der Waals surface area contributed by atoms with E-state index in [0.717, 1.165) is 34.3 Å². The van der Waals surface area contributed by atoms with Crippen molar-refractivity contribution >= 4 is 38.3 Å². The summed E-state index contributed by atoms with van der Waals surface area (Å²) >= 11 is 7.95. The number of thiazole rings is 1. The van der Waals surface area contributed by atoms with Gasteiger partial charge in [0.05, 0.1) is 10.2 Å². The Kier molecular flexibility index (Phi) is 4.39. The molecule has 5 heteroatoms. The molecule has 0 bridgehead atoms. The molecule has 0 spiro atoms. The molecule has 0 saturated carbocycles. The first-order chi connectivity index (χ1) is 10.3. The second-order valence-corrected chi connectivity index (χ2v) is 6.18. The van der Waals surface area contributed by atoms with Crippen LogP contribution in [0, 0.1) is 0 Å². The molecule has 0 aliphatic carbocycles. The predicted octanol–water partition coefficient (Wildman–Crippen LogP) is 3.92. The highest BCUT2D eigenvalue weighted by molar-refractivity contribution is 7.22. The second-order valence-electron chi connectivity index (χ2n) is 4.77. The molecular weight excluding hydrogens is 302 g/mol. The number of fused-ring (bicyclic) bond motifs is 1. The number of anilines is 1. The van der Waals surface area contributed by atoms with Crippen LogP contribution in [0.5, 0.6) is 0 Å². The molecule has 0 aliphatic heterocycles. The smallest absolute Gasteiger partial charge is 0.186 e. The number of benzene rings is 2. The Balaban J connectivity index is 1.92. The fourth-order valence-electron chi connectivity index (χ4n) is 2.23. The fraction of sp³-hybridized carbons (Fsp3) is 0.188. The number of rotatable bonds is 5. The molecule has 3 aromatic rings. The maximum absolute atomic E-state index is 6.26. The summed E-state index contributed by atoms with van der Waals surface area (Å²) in [6.07, 6.45) is 0. The van der Waals surface area contributed by atoms with Crippen LogP contribution in [0.2, 0.25) is 5.02 Å². The summed E-state index contributed by atoms with van der Waals surface area (Å²) in [6.45, 7) is 2.06. The Hall–Kier alpha value is -1.62. The molecule has 3 nitrogen and oxygen atoms in total. The van der Waals surface area contributed by atoms with Crippen LogP contribution >= 0.6 is 22.9 Å². The molecule has 0 unspecified atom stereocenters. The molecule has 1 aromatic heterocycles. The largest absolute Gasteiger partial charge is 0.342 e. The van der Waals surface area contributed by atoms with Crippen LogP contribution in [0.4, 0.5) is 5.13 Å². The number of aromatic nitrogens is 1. The van der Waals surface area contributed by atoms with Gasteiger partial charge in [0, 0.05) is 24.7 Å². The SMILES string of the molecule is NCCN(Cc1ccccc1Cl)c1nc2ccccc2s1. The third-order valence-electron chi connectivity index (χ3n) is 3.27. The van der Waals surface area contributed by atoms with Gasteiger partial charge in [0.15, 0.2) is 5.13 Å². The van der Waals surface area contributed by atoms with Gasteiger partial charge in [-0.15, -0.1) is 0 Å². The summed E-state index contributed by atoms with van der Waals surface area (Å²) in [5, 5.41) is 1.77. The van der Waals surface area contributed by atoms with Crippen LogP contribution in [0.25, 0.3) is 10.2 Å². The maximum atomic E-state index is 6.26. The Morgan fingerprint density at radius 2 is 1.86 bits per heavy atom. The van der Waals surface area contributed by atoms with Gasteiger partial charge in [0.25, 0.3) is 0 Å². The van der Waals surface area contributed by atoms with E-state index < -0.39 is 0 Å². The Morgan fingerprint density at radius 1 is 1.10 bits per heavy atom. The van der Waals surface area contributed by atoms with Gasteiger partial charge in [-0.05, 0) is 23.8 Å². The third-order valence-corrected chi connectivity index (χ3v) is 4.74. The first kappa shape index (κ1) is 14.3. The summed E-state index contributed by atoms with van der Waals surface area (Å²) in [7, 11) is 0. The number of halogens is 1. The zero-order valence-corrected chi connectivity index (χ0v) is 13.1. The molecule has 0 radical (unpaired) electrons. The van der Waals surface area contributed by atoms with E-state index in [9.17, 15) is 0 Å². The summed E-state index contributed by atoms with van der Waals surface area (Å²) in [4.78, 5) is 6.89. The van der Waals surface area contributed by atoms with E-state index in [-0.39, 0.29) is 0 Å². The third kappa shape index (κ3) is 3.18. The summed E-state index contributed by atoms with van der Waals surface area (Å²) < 4.78 is 1.19. The van der Waals surface area contributed by atoms with Crippen molar-refractivity contribution in [3.63, 3.8) is 0 Å². The molecule has 3 rings (SSSR count). The lowest BCUT2D eigenvalue weighted by atomic mass is 10.2. The first-order valence-corrected chi connectivity index (χ1v) is 8.01. The van der Waals surface area contributed by atoms with Crippen molar-refractivity contribution in [3.8, 4) is 0 Å². The second kappa shape index (κ2) is 6.43. The average Bonchev–Trinajstić information content (AvgIpc) is 2.93. The van der Waals surface area contributed by atoms with E-state index in [2.05, 4.69) is 11.0 Å². The van der Waals surface area contributed by atoms with Gasteiger partial charge in [0.1, 0.15) is 0 Å². The van der Waals surface area contributed by atoms with Gasteiger partial charge in [0.2, 0.25) is 0 Å². The molecule has 0 amide bonds. The minimum Gasteiger partial charge on any atom is -0.342 e. The standard InChI is InChI=1S/C16H16ClN3S/c17-13-6-2-1-5-12(13)11-20(10-9-18)16-19-14-7-3-4-8-15(14)21-16/h1-8H,9-11,18H2. The van der Waals surface area contributed by atoms with Crippen molar-refractivity contribution in [1.82, 2.24) is 4.98 Å². The molecule has 0 fully saturated rings. The van der Waals surface area contributed by atoms with E-state index >= 15 is 0 Å². The Bertz CT molecular complexity index is 708. The number of para-hydroxylation sites is 1.